The van der Waals surface area contributed by atoms with E-state index in [0.717, 1.165) is 34.6 Å². The lowest BCUT2D eigenvalue weighted by Gasteiger charge is -2.58. The minimum atomic E-state index is 0.683. The Hall–Kier alpha value is -0.490. The standard InChI is InChI=1S/C12H11Cl/c13-11-5-10-8-3-4-9(12(10)11)7-2-1-6(7)8/h1-10,12H/t6-,7-,8+,9+,10-,12+/m1/s1. The zero-order valence-corrected chi connectivity index (χ0v) is 7.98. The summed E-state index contributed by atoms with van der Waals surface area (Å²) in [6, 6.07) is 0. The van der Waals surface area contributed by atoms with Crippen molar-refractivity contribution in [1.82, 2.24) is 0 Å². The molecule has 0 aromatic rings. The van der Waals surface area contributed by atoms with Crippen molar-refractivity contribution in [3.63, 3.8) is 0 Å². The van der Waals surface area contributed by atoms with Gasteiger partial charge in [0.25, 0.3) is 0 Å². The Kier molecular flexibility index (Phi) is 1.04. The molecule has 13 heavy (non-hydrogen) atoms. The van der Waals surface area contributed by atoms with E-state index < -0.39 is 0 Å². The lowest BCUT2D eigenvalue weighted by Crippen LogP contribution is -2.52. The highest BCUT2D eigenvalue weighted by Gasteiger charge is 2.55. The molecule has 1 saturated carbocycles. The second-order valence-corrected chi connectivity index (χ2v) is 5.17. The van der Waals surface area contributed by atoms with Crippen LogP contribution in [-0.2, 0) is 0 Å². The summed E-state index contributed by atoms with van der Waals surface area (Å²) in [6.45, 7) is 0. The maximum absolute atomic E-state index is 6.16. The zero-order valence-electron chi connectivity index (χ0n) is 7.23. The van der Waals surface area contributed by atoms with Gasteiger partial charge in [-0.05, 0) is 29.6 Å². The largest absolute Gasteiger partial charge is 0.0891 e. The van der Waals surface area contributed by atoms with Crippen LogP contribution in [0.1, 0.15) is 0 Å². The van der Waals surface area contributed by atoms with Crippen LogP contribution in [0.25, 0.3) is 0 Å². The minimum Gasteiger partial charge on any atom is -0.0891 e. The Morgan fingerprint density at radius 2 is 1.31 bits per heavy atom. The molecule has 0 radical (unpaired) electrons. The highest BCUT2D eigenvalue weighted by Crippen LogP contribution is 2.62. The first-order chi connectivity index (χ1) is 6.36. The molecule has 0 spiro atoms. The van der Waals surface area contributed by atoms with Crippen LogP contribution < -0.4 is 0 Å². The van der Waals surface area contributed by atoms with E-state index in [4.69, 9.17) is 11.6 Å². The van der Waals surface area contributed by atoms with Crippen molar-refractivity contribution in [3.05, 3.63) is 35.4 Å². The van der Waals surface area contributed by atoms with Gasteiger partial charge in [-0.3, -0.25) is 0 Å². The third-order valence-electron chi connectivity index (χ3n) is 4.39. The van der Waals surface area contributed by atoms with E-state index in [1.54, 1.807) is 0 Å². The van der Waals surface area contributed by atoms with Crippen LogP contribution in [-0.4, -0.2) is 0 Å². The topological polar surface area (TPSA) is 0 Å². The summed E-state index contributed by atoms with van der Waals surface area (Å²) < 4.78 is 0. The molecule has 0 unspecified atom stereocenters. The second kappa shape index (κ2) is 1.95. The zero-order chi connectivity index (χ0) is 8.58. The third kappa shape index (κ3) is 0.604. The molecule has 1 fully saturated rings. The van der Waals surface area contributed by atoms with Crippen molar-refractivity contribution in [2.75, 3.05) is 0 Å². The summed E-state index contributed by atoms with van der Waals surface area (Å²) in [5.74, 6) is 4.61. The third-order valence-corrected chi connectivity index (χ3v) is 4.77. The molecule has 0 N–H and O–H groups in total. The van der Waals surface area contributed by atoms with Gasteiger partial charge in [-0.25, -0.2) is 0 Å². The molecule has 2 bridgehead atoms. The van der Waals surface area contributed by atoms with Gasteiger partial charge in [0, 0.05) is 11.0 Å². The van der Waals surface area contributed by atoms with Crippen LogP contribution in [0.3, 0.4) is 0 Å². The molecule has 66 valence electrons. The van der Waals surface area contributed by atoms with Gasteiger partial charge < -0.3 is 0 Å². The summed E-state index contributed by atoms with van der Waals surface area (Å²) in [5.41, 5.74) is 0. The molecule has 0 aromatic carbocycles. The summed E-state index contributed by atoms with van der Waals surface area (Å²) in [7, 11) is 0. The molecule has 5 aliphatic carbocycles. The molecule has 6 atom stereocenters. The SMILES string of the molecule is ClC1=C[C@@H]2[C@H]3C=C[C@@H]([C@@H]4C=C[C@H]43)[C@H]12. The molecule has 1 heteroatoms. The highest BCUT2D eigenvalue weighted by atomic mass is 35.5. The maximum atomic E-state index is 6.16. The van der Waals surface area contributed by atoms with Gasteiger partial charge >= 0.3 is 0 Å². The van der Waals surface area contributed by atoms with E-state index in [9.17, 15) is 0 Å². The van der Waals surface area contributed by atoms with E-state index in [-0.39, 0.29) is 0 Å². The Labute approximate surface area is 83.0 Å². The quantitative estimate of drug-likeness (QED) is 0.516. The number of hydrogen-bond acceptors (Lipinski definition) is 0. The normalized spacial score (nSPS) is 59.0. The Bertz CT molecular complexity index is 363. The maximum Gasteiger partial charge on any atom is 0.0187 e. The molecular weight excluding hydrogens is 180 g/mol. The molecule has 0 amide bonds. The van der Waals surface area contributed by atoms with Crippen molar-refractivity contribution in [2.24, 2.45) is 35.5 Å². The molecule has 0 aromatic heterocycles. The minimum absolute atomic E-state index is 0.683. The monoisotopic (exact) mass is 190 g/mol. The molecule has 5 aliphatic rings. The Morgan fingerprint density at radius 3 is 2.00 bits per heavy atom. The predicted molar refractivity (Wildman–Crippen MR) is 53.2 cm³/mol. The van der Waals surface area contributed by atoms with Crippen LogP contribution in [0, 0.1) is 35.5 Å². The molecule has 0 heterocycles. The van der Waals surface area contributed by atoms with Gasteiger partial charge in [0.1, 0.15) is 0 Å². The van der Waals surface area contributed by atoms with Crippen LogP contribution in [0.15, 0.2) is 35.4 Å². The molecule has 0 aliphatic heterocycles. The predicted octanol–water partition coefficient (Wildman–Crippen LogP) is 2.97. The van der Waals surface area contributed by atoms with Gasteiger partial charge in [-0.1, -0.05) is 42.0 Å². The Balaban J connectivity index is 1.86. The van der Waals surface area contributed by atoms with Crippen molar-refractivity contribution in [1.29, 1.82) is 0 Å². The fraction of sp³-hybridized carbons (Fsp3) is 0.500. The molecule has 0 saturated heterocycles. The van der Waals surface area contributed by atoms with Crippen LogP contribution in [0.5, 0.6) is 0 Å². The van der Waals surface area contributed by atoms with Crippen molar-refractivity contribution >= 4 is 11.6 Å². The fourth-order valence-corrected chi connectivity index (χ4v) is 4.09. The fourth-order valence-electron chi connectivity index (χ4n) is 3.65. The van der Waals surface area contributed by atoms with Crippen molar-refractivity contribution in [2.45, 2.75) is 0 Å². The van der Waals surface area contributed by atoms with Crippen LogP contribution >= 0.6 is 11.6 Å². The first-order valence-electron chi connectivity index (χ1n) is 5.10. The Morgan fingerprint density at radius 1 is 0.769 bits per heavy atom. The van der Waals surface area contributed by atoms with E-state index in [1.165, 1.54) is 0 Å². The first-order valence-corrected chi connectivity index (χ1v) is 5.48. The van der Waals surface area contributed by atoms with E-state index >= 15 is 0 Å². The van der Waals surface area contributed by atoms with E-state index in [0.29, 0.717) is 5.92 Å². The average molecular weight is 191 g/mol. The number of halogens is 1. The van der Waals surface area contributed by atoms with Crippen molar-refractivity contribution in [3.8, 4) is 0 Å². The second-order valence-electron chi connectivity index (χ2n) is 4.73. The lowest BCUT2D eigenvalue weighted by molar-refractivity contribution is 0.0657. The summed E-state index contributed by atoms with van der Waals surface area (Å²) >= 11 is 6.16. The van der Waals surface area contributed by atoms with Gasteiger partial charge in [-0.2, -0.15) is 0 Å². The van der Waals surface area contributed by atoms with Gasteiger partial charge in [0.2, 0.25) is 0 Å². The van der Waals surface area contributed by atoms with Gasteiger partial charge in [-0.15, -0.1) is 0 Å². The smallest absolute Gasteiger partial charge is 0.0187 e. The molecular formula is C12H11Cl. The first kappa shape index (κ1) is 6.89. The van der Waals surface area contributed by atoms with Crippen LogP contribution in [0.2, 0.25) is 0 Å². The number of allylic oxidation sites excluding steroid dienone is 6. The van der Waals surface area contributed by atoms with Gasteiger partial charge in [0.15, 0.2) is 0 Å². The summed E-state index contributed by atoms with van der Waals surface area (Å²) in [6.07, 6.45) is 11.9. The van der Waals surface area contributed by atoms with E-state index in [2.05, 4.69) is 30.4 Å². The van der Waals surface area contributed by atoms with E-state index in [1.807, 2.05) is 0 Å². The van der Waals surface area contributed by atoms with Crippen LogP contribution in [0.4, 0.5) is 0 Å². The molecule has 5 rings (SSSR count). The molecule has 0 nitrogen and oxygen atoms in total. The number of hydrogen-bond donors (Lipinski definition) is 0. The summed E-state index contributed by atoms with van der Waals surface area (Å²) in [5, 5.41) is 1.13. The lowest BCUT2D eigenvalue weighted by atomic mass is 9.47. The summed E-state index contributed by atoms with van der Waals surface area (Å²) in [4.78, 5) is 0. The van der Waals surface area contributed by atoms with Crippen molar-refractivity contribution < 1.29 is 0 Å². The highest BCUT2D eigenvalue weighted by molar-refractivity contribution is 6.30. The number of rotatable bonds is 0. The average Bonchev–Trinajstić information content (AvgIpc) is 2.02. The van der Waals surface area contributed by atoms with Gasteiger partial charge in [0.05, 0.1) is 0 Å².